The van der Waals surface area contributed by atoms with E-state index in [1.54, 1.807) is 0 Å². The molecule has 0 atom stereocenters. The highest BCUT2D eigenvalue weighted by Crippen LogP contribution is 2.16. The van der Waals surface area contributed by atoms with Crippen LogP contribution in [0.1, 0.15) is 11.1 Å². The molecule has 138 valence electrons. The normalized spacial score (nSPS) is 15.2. The third-order valence-electron chi connectivity index (χ3n) is 5.05. The minimum absolute atomic E-state index is 0.185. The molecule has 5 heteroatoms. The van der Waals surface area contributed by atoms with Gasteiger partial charge in [0.1, 0.15) is 0 Å². The molecule has 0 saturated carbocycles. The second kappa shape index (κ2) is 8.07. The Labute approximate surface area is 164 Å². The highest BCUT2D eigenvalue weighted by molar-refractivity contribution is 6.30. The molecular formula is C22H22ClN3O. The van der Waals surface area contributed by atoms with Crippen molar-refractivity contribution in [2.24, 2.45) is 0 Å². The van der Waals surface area contributed by atoms with Gasteiger partial charge in [-0.1, -0.05) is 41.9 Å². The van der Waals surface area contributed by atoms with Crippen LogP contribution >= 0.6 is 11.6 Å². The summed E-state index contributed by atoms with van der Waals surface area (Å²) in [5.41, 5.74) is 3.25. The molecule has 4 rings (SSSR count). The molecule has 0 unspecified atom stereocenters. The molecule has 0 N–H and O–H groups in total. The second-order valence-electron chi connectivity index (χ2n) is 7.00. The maximum Gasteiger partial charge on any atom is 0.227 e. The minimum atomic E-state index is 0.185. The number of nitrogens with zero attached hydrogens (tertiary/aromatic N) is 3. The Morgan fingerprint density at radius 1 is 0.963 bits per heavy atom. The van der Waals surface area contributed by atoms with Crippen LogP contribution in [0.25, 0.3) is 10.9 Å². The first-order chi connectivity index (χ1) is 13.2. The molecule has 0 radical (unpaired) electrons. The molecule has 4 nitrogen and oxygen atoms in total. The van der Waals surface area contributed by atoms with Gasteiger partial charge >= 0.3 is 0 Å². The molecule has 1 aliphatic heterocycles. The lowest BCUT2D eigenvalue weighted by Gasteiger charge is -2.34. The zero-order valence-corrected chi connectivity index (χ0v) is 15.9. The average Bonchev–Trinajstić information content (AvgIpc) is 2.70. The molecule has 0 spiro atoms. The van der Waals surface area contributed by atoms with Crippen molar-refractivity contribution in [3.05, 3.63) is 76.9 Å². The molecule has 0 aliphatic carbocycles. The van der Waals surface area contributed by atoms with E-state index in [9.17, 15) is 4.79 Å². The fraction of sp³-hybridized carbons (Fsp3) is 0.273. The SMILES string of the molecule is O=C(Cc1ccc(Cl)cc1)N1CCN(Cc2cnc3ccccc3c2)CC1. The summed E-state index contributed by atoms with van der Waals surface area (Å²) >= 11 is 5.91. The van der Waals surface area contributed by atoms with Crippen molar-refractivity contribution in [3.8, 4) is 0 Å². The van der Waals surface area contributed by atoms with E-state index in [2.05, 4.69) is 22.0 Å². The molecule has 2 heterocycles. The minimum Gasteiger partial charge on any atom is -0.340 e. The van der Waals surface area contributed by atoms with Crippen molar-refractivity contribution in [3.63, 3.8) is 0 Å². The van der Waals surface area contributed by atoms with Crippen LogP contribution in [0.3, 0.4) is 0 Å². The standard InChI is InChI=1S/C22H22ClN3O/c23-20-7-5-17(6-8-20)14-22(27)26-11-9-25(10-12-26)16-18-13-19-3-1-2-4-21(19)24-15-18/h1-8,13,15H,9-12,14,16H2. The third-order valence-corrected chi connectivity index (χ3v) is 5.30. The Hall–Kier alpha value is -2.43. The first-order valence-electron chi connectivity index (χ1n) is 9.26. The lowest BCUT2D eigenvalue weighted by Crippen LogP contribution is -2.48. The van der Waals surface area contributed by atoms with Crippen LogP contribution < -0.4 is 0 Å². The van der Waals surface area contributed by atoms with E-state index in [0.717, 1.165) is 43.8 Å². The Morgan fingerprint density at radius 3 is 2.48 bits per heavy atom. The Morgan fingerprint density at radius 2 is 1.70 bits per heavy atom. The molecule has 1 fully saturated rings. The Kier molecular flexibility index (Phi) is 5.37. The highest BCUT2D eigenvalue weighted by Gasteiger charge is 2.21. The molecule has 1 aromatic heterocycles. The lowest BCUT2D eigenvalue weighted by molar-refractivity contribution is -0.132. The second-order valence-corrected chi connectivity index (χ2v) is 7.43. The summed E-state index contributed by atoms with van der Waals surface area (Å²) in [5.74, 6) is 0.185. The number of pyridine rings is 1. The maximum absolute atomic E-state index is 12.5. The molecular weight excluding hydrogens is 358 g/mol. The van der Waals surface area contributed by atoms with Gasteiger partial charge in [-0.25, -0.2) is 0 Å². The molecule has 2 aromatic carbocycles. The van der Waals surface area contributed by atoms with Crippen LogP contribution in [-0.2, 0) is 17.8 Å². The van der Waals surface area contributed by atoms with Crippen LogP contribution in [0.4, 0.5) is 0 Å². The van der Waals surface area contributed by atoms with E-state index < -0.39 is 0 Å². The first-order valence-corrected chi connectivity index (χ1v) is 9.63. The summed E-state index contributed by atoms with van der Waals surface area (Å²) in [5, 5.41) is 1.87. The number of aromatic nitrogens is 1. The topological polar surface area (TPSA) is 36.4 Å². The van der Waals surface area contributed by atoms with Gasteiger partial charge in [-0.05, 0) is 35.4 Å². The van der Waals surface area contributed by atoms with Crippen LogP contribution in [0, 0.1) is 0 Å². The number of amides is 1. The fourth-order valence-electron chi connectivity index (χ4n) is 3.51. The van der Waals surface area contributed by atoms with Gasteiger partial charge in [-0.3, -0.25) is 14.7 Å². The number of carbonyl (C=O) groups excluding carboxylic acids is 1. The fourth-order valence-corrected chi connectivity index (χ4v) is 3.63. The van der Waals surface area contributed by atoms with Gasteiger partial charge in [0.2, 0.25) is 5.91 Å². The number of hydrogen-bond donors (Lipinski definition) is 0. The van der Waals surface area contributed by atoms with E-state index in [0.29, 0.717) is 11.4 Å². The quantitative estimate of drug-likeness (QED) is 0.692. The van der Waals surface area contributed by atoms with Crippen molar-refractivity contribution >= 4 is 28.4 Å². The number of carbonyl (C=O) groups is 1. The van der Waals surface area contributed by atoms with Gasteiger partial charge in [-0.2, -0.15) is 0 Å². The van der Waals surface area contributed by atoms with Gasteiger partial charge in [0.25, 0.3) is 0 Å². The highest BCUT2D eigenvalue weighted by atomic mass is 35.5. The van der Waals surface area contributed by atoms with Gasteiger partial charge in [0.05, 0.1) is 11.9 Å². The molecule has 27 heavy (non-hydrogen) atoms. The monoisotopic (exact) mass is 379 g/mol. The predicted octanol–water partition coefficient (Wildman–Crippen LogP) is 3.78. The molecule has 1 amide bonds. The van der Waals surface area contributed by atoms with E-state index in [1.807, 2.05) is 53.6 Å². The summed E-state index contributed by atoms with van der Waals surface area (Å²) in [7, 11) is 0. The smallest absolute Gasteiger partial charge is 0.227 e. The van der Waals surface area contributed by atoms with E-state index >= 15 is 0 Å². The molecule has 3 aromatic rings. The average molecular weight is 380 g/mol. The largest absolute Gasteiger partial charge is 0.340 e. The number of hydrogen-bond acceptors (Lipinski definition) is 3. The van der Waals surface area contributed by atoms with Gasteiger partial charge in [-0.15, -0.1) is 0 Å². The maximum atomic E-state index is 12.5. The van der Waals surface area contributed by atoms with Crippen molar-refractivity contribution in [2.45, 2.75) is 13.0 Å². The van der Waals surface area contributed by atoms with Gasteiger partial charge in [0, 0.05) is 49.3 Å². The number of halogens is 1. The summed E-state index contributed by atoms with van der Waals surface area (Å²) in [6.45, 7) is 4.19. The lowest BCUT2D eigenvalue weighted by atomic mass is 10.1. The van der Waals surface area contributed by atoms with E-state index in [4.69, 9.17) is 11.6 Å². The van der Waals surface area contributed by atoms with Crippen molar-refractivity contribution in [2.75, 3.05) is 26.2 Å². The summed E-state index contributed by atoms with van der Waals surface area (Å²) in [6.07, 6.45) is 2.39. The van der Waals surface area contributed by atoms with E-state index in [-0.39, 0.29) is 5.91 Å². The van der Waals surface area contributed by atoms with Crippen molar-refractivity contribution < 1.29 is 4.79 Å². The number of fused-ring (bicyclic) bond motifs is 1. The van der Waals surface area contributed by atoms with E-state index in [1.165, 1.54) is 10.9 Å². The van der Waals surface area contributed by atoms with Gasteiger partial charge < -0.3 is 4.90 Å². The van der Waals surface area contributed by atoms with Crippen LogP contribution in [0.5, 0.6) is 0 Å². The third kappa shape index (κ3) is 4.46. The number of piperazine rings is 1. The molecule has 1 aliphatic rings. The van der Waals surface area contributed by atoms with Crippen LogP contribution in [0.2, 0.25) is 5.02 Å². The number of para-hydroxylation sites is 1. The number of rotatable bonds is 4. The molecule has 0 bridgehead atoms. The zero-order chi connectivity index (χ0) is 18.6. The summed E-state index contributed by atoms with van der Waals surface area (Å²) in [4.78, 5) is 21.4. The van der Waals surface area contributed by atoms with Crippen molar-refractivity contribution in [1.82, 2.24) is 14.8 Å². The Balaban J connectivity index is 1.31. The van der Waals surface area contributed by atoms with Gasteiger partial charge in [0.15, 0.2) is 0 Å². The molecule has 1 saturated heterocycles. The zero-order valence-electron chi connectivity index (χ0n) is 15.1. The van der Waals surface area contributed by atoms with Crippen molar-refractivity contribution in [1.29, 1.82) is 0 Å². The van der Waals surface area contributed by atoms with Crippen LogP contribution in [0.15, 0.2) is 60.8 Å². The van der Waals surface area contributed by atoms with Crippen LogP contribution in [-0.4, -0.2) is 46.9 Å². The Bertz CT molecular complexity index is 934. The predicted molar refractivity (Wildman–Crippen MR) is 109 cm³/mol. The number of benzene rings is 2. The summed E-state index contributed by atoms with van der Waals surface area (Å²) < 4.78 is 0. The summed E-state index contributed by atoms with van der Waals surface area (Å²) in [6, 6.07) is 17.9. The first kappa shape index (κ1) is 18.0.